The van der Waals surface area contributed by atoms with E-state index in [0.717, 1.165) is 22.4 Å². The van der Waals surface area contributed by atoms with E-state index in [-0.39, 0.29) is 0 Å². The van der Waals surface area contributed by atoms with Crippen LogP contribution < -0.4 is 0 Å². The monoisotopic (exact) mass is 674 g/mol. The Bertz CT molecular complexity index is 3380. The van der Waals surface area contributed by atoms with E-state index in [1.54, 1.807) is 0 Å². The molecule has 0 amide bonds. The van der Waals surface area contributed by atoms with Crippen molar-refractivity contribution >= 4 is 71.1 Å². The Hall–Kier alpha value is -7.17. The lowest BCUT2D eigenvalue weighted by molar-refractivity contribution is 1.18. The molecule has 0 atom stereocenters. The molecule has 53 heavy (non-hydrogen) atoms. The van der Waals surface area contributed by atoms with Crippen LogP contribution in [-0.2, 0) is 0 Å². The molecule has 0 N–H and O–H groups in total. The van der Waals surface area contributed by atoms with Gasteiger partial charge in [0.2, 0.25) is 0 Å². The Morgan fingerprint density at radius 2 is 0.906 bits per heavy atom. The van der Waals surface area contributed by atoms with E-state index in [0.29, 0.717) is 0 Å². The molecule has 0 bridgehead atoms. The fourth-order valence-corrected chi connectivity index (χ4v) is 8.95. The van der Waals surface area contributed by atoms with Crippen LogP contribution in [0.3, 0.4) is 0 Å². The number of hydrogen-bond acceptors (Lipinski definition) is 1. The fraction of sp³-hybridized carbons (Fsp3) is 0. The van der Waals surface area contributed by atoms with Crippen molar-refractivity contribution in [2.45, 2.75) is 0 Å². The van der Waals surface area contributed by atoms with Crippen molar-refractivity contribution in [3.63, 3.8) is 0 Å². The number of imidazole rings is 1. The summed E-state index contributed by atoms with van der Waals surface area (Å²) in [6, 6.07) is 65.9. The molecule has 0 spiro atoms. The van der Waals surface area contributed by atoms with Gasteiger partial charge in [0.1, 0.15) is 5.65 Å². The SMILES string of the molecule is c1ccc(-c2nc3cccc4c5c(-n6c7ccccc7c7cc(-c8ccc9c(c8)c8ccccc8n9-c8ccccc8)ccc76)cccc5c2n34)cc1. The van der Waals surface area contributed by atoms with Gasteiger partial charge in [-0.2, -0.15) is 0 Å². The zero-order chi connectivity index (χ0) is 34.6. The molecule has 5 heterocycles. The minimum Gasteiger partial charge on any atom is -0.309 e. The maximum absolute atomic E-state index is 5.13. The van der Waals surface area contributed by atoms with E-state index in [2.05, 4.69) is 196 Å². The van der Waals surface area contributed by atoms with Crippen LogP contribution in [0.15, 0.2) is 182 Å². The lowest BCUT2D eigenvalue weighted by Gasteiger charge is -2.11. The third-order valence-electron chi connectivity index (χ3n) is 11.2. The van der Waals surface area contributed by atoms with E-state index in [9.17, 15) is 0 Å². The Morgan fingerprint density at radius 3 is 1.62 bits per heavy atom. The zero-order valence-corrected chi connectivity index (χ0v) is 28.6. The quantitative estimate of drug-likeness (QED) is 0.183. The van der Waals surface area contributed by atoms with Gasteiger partial charge in [-0.25, -0.2) is 4.98 Å². The summed E-state index contributed by atoms with van der Waals surface area (Å²) in [5, 5.41) is 7.44. The van der Waals surface area contributed by atoms with E-state index >= 15 is 0 Å². The van der Waals surface area contributed by atoms with Gasteiger partial charge in [-0.05, 0) is 77.9 Å². The highest BCUT2D eigenvalue weighted by molar-refractivity contribution is 6.19. The standard InChI is InChI=1S/C49H30N4/c1-3-13-31(14-4-1)48-49-37-19-11-22-44(47(37)45-23-12-24-46(50-48)53(45)49)52-41-21-10-8-18-36(41)39-30-33(26-28-43(39)52)32-25-27-42-38(29-32)35-17-7-9-20-40(35)51(42)34-15-5-2-6-16-34/h1-30H. The largest absolute Gasteiger partial charge is 0.309 e. The van der Waals surface area contributed by atoms with Crippen molar-refractivity contribution in [2.24, 2.45) is 0 Å². The molecule has 12 aromatic rings. The number of para-hydroxylation sites is 3. The molecule has 0 fully saturated rings. The van der Waals surface area contributed by atoms with Gasteiger partial charge in [-0.3, -0.25) is 4.40 Å². The fourth-order valence-electron chi connectivity index (χ4n) is 8.95. The van der Waals surface area contributed by atoms with Crippen LogP contribution in [-0.4, -0.2) is 18.5 Å². The summed E-state index contributed by atoms with van der Waals surface area (Å²) in [7, 11) is 0. The smallest absolute Gasteiger partial charge is 0.138 e. The van der Waals surface area contributed by atoms with Crippen molar-refractivity contribution in [1.29, 1.82) is 0 Å². The van der Waals surface area contributed by atoms with Gasteiger partial charge < -0.3 is 9.13 Å². The maximum Gasteiger partial charge on any atom is 0.138 e. The van der Waals surface area contributed by atoms with Crippen molar-refractivity contribution in [1.82, 2.24) is 18.5 Å². The van der Waals surface area contributed by atoms with Gasteiger partial charge in [-0.1, -0.05) is 115 Å². The molecular formula is C49H30N4. The number of pyridine rings is 1. The first-order chi connectivity index (χ1) is 26.3. The second-order valence-electron chi connectivity index (χ2n) is 14.0. The average molecular weight is 675 g/mol. The topological polar surface area (TPSA) is 27.2 Å². The molecule has 0 aliphatic heterocycles. The molecule has 7 aromatic carbocycles. The van der Waals surface area contributed by atoms with Gasteiger partial charge in [0.15, 0.2) is 0 Å². The van der Waals surface area contributed by atoms with E-state index in [1.807, 2.05) is 0 Å². The summed E-state index contributed by atoms with van der Waals surface area (Å²) in [4.78, 5) is 5.13. The Labute approximate surface area is 304 Å². The first-order valence-corrected chi connectivity index (χ1v) is 18.1. The molecule has 0 unspecified atom stereocenters. The number of hydrogen-bond donors (Lipinski definition) is 0. The predicted molar refractivity (Wildman–Crippen MR) is 221 cm³/mol. The lowest BCUT2D eigenvalue weighted by Crippen LogP contribution is -1.95. The summed E-state index contributed by atoms with van der Waals surface area (Å²) in [5.74, 6) is 0. The molecular weight excluding hydrogens is 645 g/mol. The molecule has 0 aliphatic carbocycles. The first kappa shape index (κ1) is 28.5. The van der Waals surface area contributed by atoms with Gasteiger partial charge in [-0.15, -0.1) is 0 Å². The van der Waals surface area contributed by atoms with Crippen LogP contribution in [0, 0.1) is 0 Å². The van der Waals surface area contributed by atoms with Gasteiger partial charge in [0.05, 0.1) is 44.5 Å². The molecule has 4 heteroatoms. The van der Waals surface area contributed by atoms with E-state index < -0.39 is 0 Å². The molecule has 5 aromatic heterocycles. The molecule has 0 radical (unpaired) electrons. The van der Waals surface area contributed by atoms with Crippen LogP contribution in [0.4, 0.5) is 0 Å². The van der Waals surface area contributed by atoms with E-state index in [4.69, 9.17) is 4.98 Å². The Kier molecular flexibility index (Phi) is 5.74. The van der Waals surface area contributed by atoms with Crippen molar-refractivity contribution < 1.29 is 0 Å². The number of rotatable bonds is 4. The average Bonchev–Trinajstić information content (AvgIpc) is 3.97. The minimum atomic E-state index is 0.967. The number of fused-ring (bicyclic) bond motifs is 9. The third kappa shape index (κ3) is 3.92. The Morgan fingerprint density at radius 1 is 0.358 bits per heavy atom. The van der Waals surface area contributed by atoms with Gasteiger partial charge in [0.25, 0.3) is 0 Å². The highest BCUT2D eigenvalue weighted by Crippen LogP contribution is 2.43. The molecule has 0 saturated carbocycles. The highest BCUT2D eigenvalue weighted by atomic mass is 15.0. The lowest BCUT2D eigenvalue weighted by atomic mass is 10.0. The van der Waals surface area contributed by atoms with Crippen LogP contribution in [0.2, 0.25) is 0 Å². The number of benzene rings is 7. The number of nitrogens with zero attached hydrogens (tertiary/aromatic N) is 4. The highest BCUT2D eigenvalue weighted by Gasteiger charge is 2.23. The summed E-state index contributed by atoms with van der Waals surface area (Å²) < 4.78 is 7.18. The molecule has 4 nitrogen and oxygen atoms in total. The minimum absolute atomic E-state index is 0.967. The van der Waals surface area contributed by atoms with Crippen LogP contribution in [0.5, 0.6) is 0 Å². The summed E-state index contributed by atoms with van der Waals surface area (Å²) in [5.41, 5.74) is 15.0. The summed E-state index contributed by atoms with van der Waals surface area (Å²) >= 11 is 0. The van der Waals surface area contributed by atoms with Crippen LogP contribution in [0.1, 0.15) is 0 Å². The van der Waals surface area contributed by atoms with Crippen molar-refractivity contribution in [2.75, 3.05) is 0 Å². The molecule has 0 aliphatic rings. The number of aromatic nitrogens is 4. The second-order valence-corrected chi connectivity index (χ2v) is 14.0. The first-order valence-electron chi connectivity index (χ1n) is 18.1. The molecule has 12 rings (SSSR count). The summed E-state index contributed by atoms with van der Waals surface area (Å²) in [6.07, 6.45) is 0. The predicted octanol–water partition coefficient (Wildman–Crippen LogP) is 12.6. The zero-order valence-electron chi connectivity index (χ0n) is 28.6. The van der Waals surface area contributed by atoms with E-state index in [1.165, 1.54) is 82.4 Å². The van der Waals surface area contributed by atoms with Crippen LogP contribution >= 0.6 is 0 Å². The van der Waals surface area contributed by atoms with Gasteiger partial charge >= 0.3 is 0 Å². The molecule has 0 saturated heterocycles. The van der Waals surface area contributed by atoms with Crippen LogP contribution in [0.25, 0.3) is 105 Å². The normalized spacial score (nSPS) is 12.2. The second kappa shape index (κ2) is 10.7. The van der Waals surface area contributed by atoms with Crippen molar-refractivity contribution in [3.05, 3.63) is 182 Å². The van der Waals surface area contributed by atoms with Gasteiger partial charge in [0, 0.05) is 43.6 Å². The maximum atomic E-state index is 5.13. The Balaban J connectivity index is 1.09. The molecule has 246 valence electrons. The summed E-state index contributed by atoms with van der Waals surface area (Å²) in [6.45, 7) is 0. The third-order valence-corrected chi connectivity index (χ3v) is 11.2. The van der Waals surface area contributed by atoms with Crippen molar-refractivity contribution in [3.8, 4) is 33.8 Å².